The van der Waals surface area contributed by atoms with E-state index in [0.29, 0.717) is 6.42 Å². The number of aliphatic hydroxyl groups excluding tert-OH is 1. The minimum atomic E-state index is 0.0711. The van der Waals surface area contributed by atoms with Gasteiger partial charge >= 0.3 is 0 Å². The third-order valence-corrected chi connectivity index (χ3v) is 2.94. The van der Waals surface area contributed by atoms with Gasteiger partial charge in [-0.1, -0.05) is 0 Å². The summed E-state index contributed by atoms with van der Waals surface area (Å²) in [5, 5.41) is 8.97. The standard InChI is InChI=1S/C14H18N2O3/c1-9-14(16-13(15-9)6-7-17)11-8-10(18-2)4-5-12(11)19-3/h4-5,8,17H,6-7H2,1-3H3,(H,15,16). The van der Waals surface area contributed by atoms with Crippen LogP contribution in [0.3, 0.4) is 0 Å². The number of aromatic amines is 1. The van der Waals surface area contributed by atoms with Gasteiger partial charge in [0.1, 0.15) is 17.3 Å². The van der Waals surface area contributed by atoms with Crippen molar-refractivity contribution in [2.45, 2.75) is 13.3 Å². The van der Waals surface area contributed by atoms with E-state index >= 15 is 0 Å². The van der Waals surface area contributed by atoms with Crippen LogP contribution in [0.1, 0.15) is 11.5 Å². The summed E-state index contributed by atoms with van der Waals surface area (Å²) < 4.78 is 10.6. The Balaban J connectivity index is 2.50. The molecule has 2 aromatic rings. The van der Waals surface area contributed by atoms with Gasteiger partial charge in [0.05, 0.1) is 26.5 Å². The lowest BCUT2D eigenvalue weighted by Crippen LogP contribution is -1.93. The van der Waals surface area contributed by atoms with Gasteiger partial charge in [0.2, 0.25) is 0 Å². The van der Waals surface area contributed by atoms with E-state index < -0.39 is 0 Å². The van der Waals surface area contributed by atoms with E-state index in [4.69, 9.17) is 14.6 Å². The molecule has 0 aliphatic heterocycles. The maximum Gasteiger partial charge on any atom is 0.128 e. The van der Waals surface area contributed by atoms with Crippen LogP contribution in [0.15, 0.2) is 18.2 Å². The molecule has 19 heavy (non-hydrogen) atoms. The van der Waals surface area contributed by atoms with Gasteiger partial charge < -0.3 is 19.6 Å². The normalized spacial score (nSPS) is 10.5. The lowest BCUT2D eigenvalue weighted by atomic mass is 10.1. The van der Waals surface area contributed by atoms with Crippen LogP contribution in [0.25, 0.3) is 11.3 Å². The predicted molar refractivity (Wildman–Crippen MR) is 72.7 cm³/mol. The van der Waals surface area contributed by atoms with Crippen LogP contribution < -0.4 is 9.47 Å². The minimum absolute atomic E-state index is 0.0711. The number of benzene rings is 1. The van der Waals surface area contributed by atoms with Crippen molar-refractivity contribution in [1.29, 1.82) is 0 Å². The molecule has 0 unspecified atom stereocenters. The highest BCUT2D eigenvalue weighted by Crippen LogP contribution is 2.34. The lowest BCUT2D eigenvalue weighted by molar-refractivity contribution is 0.297. The molecule has 102 valence electrons. The molecule has 1 aromatic heterocycles. The van der Waals surface area contributed by atoms with Crippen molar-refractivity contribution in [3.8, 4) is 22.8 Å². The largest absolute Gasteiger partial charge is 0.497 e. The molecule has 5 nitrogen and oxygen atoms in total. The van der Waals surface area contributed by atoms with E-state index in [1.54, 1.807) is 14.2 Å². The zero-order valence-electron chi connectivity index (χ0n) is 11.4. The van der Waals surface area contributed by atoms with E-state index in [0.717, 1.165) is 34.3 Å². The molecule has 0 spiro atoms. The molecule has 2 N–H and O–H groups in total. The topological polar surface area (TPSA) is 67.4 Å². The number of nitrogens with zero attached hydrogens (tertiary/aromatic N) is 1. The van der Waals surface area contributed by atoms with Crippen LogP contribution in [-0.2, 0) is 6.42 Å². The van der Waals surface area contributed by atoms with Crippen molar-refractivity contribution in [1.82, 2.24) is 9.97 Å². The maximum atomic E-state index is 8.97. The number of hydrogen-bond donors (Lipinski definition) is 2. The third kappa shape index (κ3) is 2.71. The van der Waals surface area contributed by atoms with Gasteiger partial charge in [-0.25, -0.2) is 4.98 Å². The van der Waals surface area contributed by atoms with Gasteiger partial charge in [0.15, 0.2) is 0 Å². The van der Waals surface area contributed by atoms with E-state index in [-0.39, 0.29) is 6.61 Å². The zero-order chi connectivity index (χ0) is 13.8. The molecule has 0 fully saturated rings. The average molecular weight is 262 g/mol. The number of H-pyrrole nitrogens is 1. The fourth-order valence-electron chi connectivity index (χ4n) is 2.01. The number of aromatic nitrogens is 2. The molecule has 0 saturated carbocycles. The summed E-state index contributed by atoms with van der Waals surface area (Å²) >= 11 is 0. The van der Waals surface area contributed by atoms with Gasteiger partial charge in [-0.3, -0.25) is 0 Å². The highest BCUT2D eigenvalue weighted by molar-refractivity contribution is 5.71. The Morgan fingerprint density at radius 3 is 2.68 bits per heavy atom. The second-order valence-corrected chi connectivity index (χ2v) is 4.20. The molecular formula is C14H18N2O3. The average Bonchev–Trinajstić information content (AvgIpc) is 2.79. The number of nitrogens with one attached hydrogen (secondary N) is 1. The summed E-state index contributed by atoms with van der Waals surface area (Å²) in [4.78, 5) is 7.67. The summed E-state index contributed by atoms with van der Waals surface area (Å²) in [5.41, 5.74) is 2.63. The summed E-state index contributed by atoms with van der Waals surface area (Å²) in [6.45, 7) is 2.02. The first-order valence-electron chi connectivity index (χ1n) is 6.08. The Morgan fingerprint density at radius 1 is 1.26 bits per heavy atom. The van der Waals surface area contributed by atoms with Crippen molar-refractivity contribution in [3.63, 3.8) is 0 Å². The van der Waals surface area contributed by atoms with Crippen molar-refractivity contribution in [2.75, 3.05) is 20.8 Å². The molecule has 2 rings (SSSR count). The number of ether oxygens (including phenoxy) is 2. The predicted octanol–water partition coefficient (Wildman–Crippen LogP) is 1.94. The van der Waals surface area contributed by atoms with Crippen LogP contribution in [0.4, 0.5) is 0 Å². The first-order chi connectivity index (χ1) is 9.19. The molecule has 1 aromatic carbocycles. The Kier molecular flexibility index (Phi) is 4.06. The van der Waals surface area contributed by atoms with E-state index in [2.05, 4.69) is 9.97 Å². The van der Waals surface area contributed by atoms with Gasteiger partial charge in [-0.05, 0) is 25.1 Å². The first-order valence-corrected chi connectivity index (χ1v) is 6.08. The highest BCUT2D eigenvalue weighted by Gasteiger charge is 2.14. The third-order valence-electron chi connectivity index (χ3n) is 2.94. The lowest BCUT2D eigenvalue weighted by Gasteiger charge is -2.09. The van der Waals surface area contributed by atoms with Crippen molar-refractivity contribution >= 4 is 0 Å². The Morgan fingerprint density at radius 2 is 2.05 bits per heavy atom. The highest BCUT2D eigenvalue weighted by atomic mass is 16.5. The molecule has 1 heterocycles. The van der Waals surface area contributed by atoms with Crippen LogP contribution in [0.2, 0.25) is 0 Å². The molecule has 0 saturated heterocycles. The van der Waals surface area contributed by atoms with Crippen LogP contribution in [0, 0.1) is 6.92 Å². The Hall–Kier alpha value is -2.01. The van der Waals surface area contributed by atoms with E-state index in [1.165, 1.54) is 0 Å². The zero-order valence-corrected chi connectivity index (χ0v) is 11.4. The first kappa shape index (κ1) is 13.4. The summed E-state index contributed by atoms with van der Waals surface area (Å²) in [6, 6.07) is 5.59. The Labute approximate surface area is 112 Å². The van der Waals surface area contributed by atoms with Crippen LogP contribution in [0.5, 0.6) is 11.5 Å². The van der Waals surface area contributed by atoms with Crippen molar-refractivity contribution < 1.29 is 14.6 Å². The molecular weight excluding hydrogens is 244 g/mol. The number of aryl methyl sites for hydroxylation is 1. The van der Waals surface area contributed by atoms with Gasteiger partial charge in [-0.15, -0.1) is 0 Å². The second kappa shape index (κ2) is 5.75. The number of methoxy groups -OCH3 is 2. The van der Waals surface area contributed by atoms with Crippen LogP contribution >= 0.6 is 0 Å². The quantitative estimate of drug-likeness (QED) is 0.864. The molecule has 0 atom stereocenters. The molecule has 5 heteroatoms. The maximum absolute atomic E-state index is 8.97. The van der Waals surface area contributed by atoms with Crippen molar-refractivity contribution in [3.05, 3.63) is 29.7 Å². The van der Waals surface area contributed by atoms with E-state index in [1.807, 2.05) is 25.1 Å². The Bertz CT molecular complexity index is 564. The smallest absolute Gasteiger partial charge is 0.128 e. The summed E-state index contributed by atoms with van der Waals surface area (Å²) in [6.07, 6.45) is 0.507. The minimum Gasteiger partial charge on any atom is -0.497 e. The molecule has 0 radical (unpaired) electrons. The van der Waals surface area contributed by atoms with Gasteiger partial charge in [0, 0.05) is 17.7 Å². The second-order valence-electron chi connectivity index (χ2n) is 4.20. The SMILES string of the molecule is COc1ccc(OC)c(-c2nc(CCO)[nH]c2C)c1. The number of hydrogen-bond acceptors (Lipinski definition) is 4. The summed E-state index contributed by atoms with van der Waals surface area (Å²) in [5.74, 6) is 2.26. The molecule has 0 bridgehead atoms. The van der Waals surface area contributed by atoms with Crippen LogP contribution in [-0.4, -0.2) is 35.9 Å². The molecule has 0 aliphatic carbocycles. The number of aliphatic hydroxyl groups is 1. The number of rotatable bonds is 5. The number of imidazole rings is 1. The molecule has 0 aliphatic rings. The fraction of sp³-hybridized carbons (Fsp3) is 0.357. The molecule has 0 amide bonds. The van der Waals surface area contributed by atoms with Gasteiger partial charge in [-0.2, -0.15) is 0 Å². The monoisotopic (exact) mass is 262 g/mol. The van der Waals surface area contributed by atoms with Gasteiger partial charge in [0.25, 0.3) is 0 Å². The van der Waals surface area contributed by atoms with E-state index in [9.17, 15) is 0 Å². The summed E-state index contributed by atoms with van der Waals surface area (Å²) in [7, 11) is 3.25. The van der Waals surface area contributed by atoms with Crippen molar-refractivity contribution in [2.24, 2.45) is 0 Å². The fourth-order valence-corrected chi connectivity index (χ4v) is 2.01.